The number of ether oxygens (including phenoxy) is 1. The molecule has 0 N–H and O–H groups in total. The molecule has 1 heterocycles. The highest BCUT2D eigenvalue weighted by atomic mass is 32.2. The topological polar surface area (TPSA) is 66.9 Å². The number of nitrogens with zero attached hydrogens (tertiary/aromatic N) is 2. The number of hydrogen-bond donors (Lipinski definition) is 0. The lowest BCUT2D eigenvalue weighted by Gasteiger charge is -2.34. The first-order valence-electron chi connectivity index (χ1n) is 9.67. The molecule has 0 atom stereocenters. The first kappa shape index (κ1) is 21.3. The second kappa shape index (κ2) is 8.16. The maximum absolute atomic E-state index is 13.2. The minimum atomic E-state index is -3.60. The van der Waals surface area contributed by atoms with Crippen LogP contribution < -0.4 is 4.74 Å². The Kier molecular flexibility index (Phi) is 6.00. The molecule has 156 valence electrons. The lowest BCUT2D eigenvalue weighted by atomic mass is 10.1. The lowest BCUT2D eigenvalue weighted by molar-refractivity contribution is 0.0694. The number of piperazine rings is 1. The first-order valence-corrected chi connectivity index (χ1v) is 11.1. The van der Waals surface area contributed by atoms with Crippen molar-refractivity contribution in [3.05, 3.63) is 58.1 Å². The number of benzene rings is 2. The fourth-order valence-electron chi connectivity index (χ4n) is 3.99. The maximum atomic E-state index is 13.2. The highest BCUT2D eigenvalue weighted by Crippen LogP contribution is 2.27. The number of carbonyl (C=O) groups excluding carboxylic acids is 1. The van der Waals surface area contributed by atoms with Crippen LogP contribution in [-0.2, 0) is 10.0 Å². The zero-order chi connectivity index (χ0) is 21.3. The van der Waals surface area contributed by atoms with Crippen molar-refractivity contribution in [1.82, 2.24) is 9.21 Å². The predicted molar refractivity (Wildman–Crippen MR) is 113 cm³/mol. The molecule has 1 aliphatic rings. The Morgan fingerprint density at radius 3 is 2.03 bits per heavy atom. The molecule has 0 spiro atoms. The van der Waals surface area contributed by atoms with Gasteiger partial charge in [-0.15, -0.1) is 0 Å². The number of amides is 1. The van der Waals surface area contributed by atoms with Crippen LogP contribution in [0, 0.1) is 27.7 Å². The van der Waals surface area contributed by atoms with Gasteiger partial charge in [0.2, 0.25) is 10.0 Å². The third-order valence-corrected chi connectivity index (χ3v) is 7.52. The molecule has 2 aromatic rings. The monoisotopic (exact) mass is 416 g/mol. The number of sulfonamides is 1. The van der Waals surface area contributed by atoms with Gasteiger partial charge in [0.05, 0.1) is 17.6 Å². The lowest BCUT2D eigenvalue weighted by Crippen LogP contribution is -2.50. The summed E-state index contributed by atoms with van der Waals surface area (Å²) in [7, 11) is -2.06. The second-order valence-corrected chi connectivity index (χ2v) is 9.50. The van der Waals surface area contributed by atoms with Gasteiger partial charge in [-0.2, -0.15) is 4.31 Å². The van der Waals surface area contributed by atoms with E-state index in [2.05, 4.69) is 0 Å². The zero-order valence-electron chi connectivity index (χ0n) is 17.7. The van der Waals surface area contributed by atoms with Crippen LogP contribution in [0.5, 0.6) is 5.75 Å². The SMILES string of the molecule is COc1ccc(C)cc1C(=O)N1CCN(S(=O)(=O)c2c(C)cc(C)cc2C)CC1. The summed E-state index contributed by atoms with van der Waals surface area (Å²) in [5, 5.41) is 0. The Balaban J connectivity index is 1.79. The van der Waals surface area contributed by atoms with Crippen LogP contribution >= 0.6 is 0 Å². The molecular formula is C22H28N2O4S. The van der Waals surface area contributed by atoms with Gasteiger partial charge < -0.3 is 9.64 Å². The third kappa shape index (κ3) is 4.16. The van der Waals surface area contributed by atoms with Crippen LogP contribution in [0.1, 0.15) is 32.6 Å². The Morgan fingerprint density at radius 2 is 1.48 bits per heavy atom. The van der Waals surface area contributed by atoms with E-state index in [0.29, 0.717) is 29.3 Å². The largest absolute Gasteiger partial charge is 0.496 e. The minimum absolute atomic E-state index is 0.134. The molecule has 0 saturated carbocycles. The number of aryl methyl sites for hydroxylation is 4. The predicted octanol–water partition coefficient (Wildman–Crippen LogP) is 3.08. The normalized spacial score (nSPS) is 15.4. The van der Waals surface area contributed by atoms with E-state index >= 15 is 0 Å². The van der Waals surface area contributed by atoms with E-state index in [1.54, 1.807) is 11.0 Å². The number of rotatable bonds is 4. The summed E-state index contributed by atoms with van der Waals surface area (Å²) < 4.78 is 33.3. The Hall–Kier alpha value is -2.38. The van der Waals surface area contributed by atoms with Gasteiger partial charge in [-0.25, -0.2) is 8.42 Å². The Bertz CT molecular complexity index is 1020. The maximum Gasteiger partial charge on any atom is 0.257 e. The van der Waals surface area contributed by atoms with Crippen LogP contribution in [0.25, 0.3) is 0 Å². The Labute approximate surface area is 173 Å². The molecule has 1 amide bonds. The minimum Gasteiger partial charge on any atom is -0.496 e. The average Bonchev–Trinajstić information content (AvgIpc) is 2.66. The highest BCUT2D eigenvalue weighted by Gasteiger charge is 2.33. The molecule has 0 bridgehead atoms. The standard InChI is InChI=1S/C22H28N2O4S/c1-15-6-7-20(28-5)19(14-15)22(25)23-8-10-24(11-9-23)29(26,27)21-17(3)12-16(2)13-18(21)4/h6-7,12-14H,8-11H2,1-5H3. The fraction of sp³-hybridized carbons (Fsp3) is 0.409. The van der Waals surface area contributed by atoms with Crippen molar-refractivity contribution >= 4 is 15.9 Å². The number of hydrogen-bond acceptors (Lipinski definition) is 4. The fourth-order valence-corrected chi connectivity index (χ4v) is 5.83. The summed E-state index contributed by atoms with van der Waals surface area (Å²) in [5.74, 6) is 0.395. The van der Waals surface area contributed by atoms with Gasteiger partial charge in [-0.3, -0.25) is 4.79 Å². The van der Waals surface area contributed by atoms with Crippen molar-refractivity contribution < 1.29 is 17.9 Å². The van der Waals surface area contributed by atoms with E-state index in [0.717, 1.165) is 22.3 Å². The van der Waals surface area contributed by atoms with Gasteiger partial charge in [0.15, 0.2) is 0 Å². The van der Waals surface area contributed by atoms with Gasteiger partial charge in [0.1, 0.15) is 5.75 Å². The molecule has 0 aliphatic carbocycles. The molecule has 0 aromatic heterocycles. The molecule has 1 aliphatic heterocycles. The first-order chi connectivity index (χ1) is 13.6. The van der Waals surface area contributed by atoms with Gasteiger partial charge in [0.25, 0.3) is 5.91 Å². The van der Waals surface area contributed by atoms with Crippen LogP contribution in [0.3, 0.4) is 0 Å². The molecule has 2 aromatic carbocycles. The van der Waals surface area contributed by atoms with Crippen molar-refractivity contribution in [2.75, 3.05) is 33.3 Å². The van der Waals surface area contributed by atoms with E-state index in [1.165, 1.54) is 11.4 Å². The third-order valence-electron chi connectivity index (χ3n) is 5.31. The molecular weight excluding hydrogens is 388 g/mol. The van der Waals surface area contributed by atoms with E-state index in [9.17, 15) is 13.2 Å². The van der Waals surface area contributed by atoms with Crippen LogP contribution in [-0.4, -0.2) is 56.8 Å². The molecule has 0 unspecified atom stereocenters. The van der Waals surface area contributed by atoms with E-state index in [1.807, 2.05) is 52.0 Å². The van der Waals surface area contributed by atoms with E-state index in [4.69, 9.17) is 4.74 Å². The summed E-state index contributed by atoms with van der Waals surface area (Å²) in [6.45, 7) is 8.78. The molecule has 3 rings (SSSR count). The van der Waals surface area contributed by atoms with Gasteiger partial charge in [-0.05, 0) is 51.0 Å². The van der Waals surface area contributed by atoms with Gasteiger partial charge in [-0.1, -0.05) is 29.3 Å². The summed E-state index contributed by atoms with van der Waals surface area (Å²) >= 11 is 0. The van der Waals surface area contributed by atoms with Crippen molar-refractivity contribution in [2.45, 2.75) is 32.6 Å². The van der Waals surface area contributed by atoms with Crippen LogP contribution in [0.15, 0.2) is 35.2 Å². The smallest absolute Gasteiger partial charge is 0.257 e. The zero-order valence-corrected chi connectivity index (χ0v) is 18.5. The molecule has 6 nitrogen and oxygen atoms in total. The summed E-state index contributed by atoms with van der Waals surface area (Å²) in [4.78, 5) is 15.1. The number of methoxy groups -OCH3 is 1. The van der Waals surface area contributed by atoms with Crippen molar-refractivity contribution in [1.29, 1.82) is 0 Å². The molecule has 29 heavy (non-hydrogen) atoms. The number of carbonyl (C=O) groups is 1. The molecule has 7 heteroatoms. The quantitative estimate of drug-likeness (QED) is 0.768. The van der Waals surface area contributed by atoms with Crippen LogP contribution in [0.2, 0.25) is 0 Å². The van der Waals surface area contributed by atoms with Crippen molar-refractivity contribution in [3.8, 4) is 5.75 Å². The van der Waals surface area contributed by atoms with Gasteiger partial charge >= 0.3 is 0 Å². The summed E-state index contributed by atoms with van der Waals surface area (Å²) in [6, 6.07) is 9.27. The van der Waals surface area contributed by atoms with E-state index in [-0.39, 0.29) is 19.0 Å². The molecule has 1 saturated heterocycles. The van der Waals surface area contributed by atoms with E-state index < -0.39 is 10.0 Å². The van der Waals surface area contributed by atoms with Crippen molar-refractivity contribution in [2.24, 2.45) is 0 Å². The van der Waals surface area contributed by atoms with Gasteiger partial charge in [0, 0.05) is 26.2 Å². The summed E-state index contributed by atoms with van der Waals surface area (Å²) in [6.07, 6.45) is 0. The summed E-state index contributed by atoms with van der Waals surface area (Å²) in [5.41, 5.74) is 4.03. The molecule has 0 radical (unpaired) electrons. The Morgan fingerprint density at radius 1 is 0.897 bits per heavy atom. The van der Waals surface area contributed by atoms with Crippen molar-refractivity contribution in [3.63, 3.8) is 0 Å². The molecule has 1 fully saturated rings. The average molecular weight is 417 g/mol. The van der Waals surface area contributed by atoms with Crippen LogP contribution in [0.4, 0.5) is 0 Å². The second-order valence-electron chi connectivity index (χ2n) is 7.63. The highest BCUT2D eigenvalue weighted by molar-refractivity contribution is 7.89.